The second-order valence-electron chi connectivity index (χ2n) is 2.72. The van der Waals surface area contributed by atoms with Crippen LogP contribution in [0, 0.1) is 6.92 Å². The minimum atomic E-state index is -0.965. The van der Waals surface area contributed by atoms with Crippen LogP contribution in [0.4, 0.5) is 0 Å². The number of carbonyl (C=O) groups is 1. The van der Waals surface area contributed by atoms with Crippen molar-refractivity contribution in [2.45, 2.75) is 12.8 Å². The number of nitrogens with two attached hydrogens (primary N) is 1. The maximum Gasteiger partial charge on any atom is 0.315 e. The Hall–Kier alpha value is -0.810. The van der Waals surface area contributed by atoms with Crippen LogP contribution >= 0.6 is 15.9 Å². The molecular formula is C8H10BrNO3. The quantitative estimate of drug-likeness (QED) is 0.849. The standard InChI is InChI=1S/C8H10BrNO3/c1-4-2-6(9)13-7(4)5(3-10)8(11)12/h2,5H,3,10H2,1H3,(H,11,12). The third-order valence-corrected chi connectivity index (χ3v) is 2.17. The van der Waals surface area contributed by atoms with E-state index >= 15 is 0 Å². The third kappa shape index (κ3) is 2.10. The summed E-state index contributed by atoms with van der Waals surface area (Å²) in [6.45, 7) is 1.82. The Morgan fingerprint density at radius 1 is 1.85 bits per heavy atom. The van der Waals surface area contributed by atoms with Crippen molar-refractivity contribution in [1.82, 2.24) is 0 Å². The average Bonchev–Trinajstić information content (AvgIpc) is 2.31. The lowest BCUT2D eigenvalue weighted by molar-refractivity contribution is -0.138. The zero-order valence-electron chi connectivity index (χ0n) is 7.08. The molecule has 5 heteroatoms. The molecule has 0 fully saturated rings. The summed E-state index contributed by atoms with van der Waals surface area (Å²) in [5.74, 6) is -1.30. The van der Waals surface area contributed by atoms with Crippen LogP contribution < -0.4 is 5.73 Å². The van der Waals surface area contributed by atoms with E-state index in [1.807, 2.05) is 0 Å². The smallest absolute Gasteiger partial charge is 0.315 e. The maximum atomic E-state index is 10.7. The number of halogens is 1. The summed E-state index contributed by atoms with van der Waals surface area (Å²) < 4.78 is 5.71. The Morgan fingerprint density at radius 3 is 2.77 bits per heavy atom. The van der Waals surface area contributed by atoms with E-state index in [2.05, 4.69) is 15.9 Å². The molecule has 1 rings (SSSR count). The fourth-order valence-corrected chi connectivity index (χ4v) is 1.64. The van der Waals surface area contributed by atoms with Gasteiger partial charge in [-0.3, -0.25) is 4.79 Å². The van der Waals surface area contributed by atoms with E-state index in [9.17, 15) is 4.79 Å². The Morgan fingerprint density at radius 2 is 2.46 bits per heavy atom. The van der Waals surface area contributed by atoms with E-state index < -0.39 is 11.9 Å². The molecule has 0 amide bonds. The molecule has 13 heavy (non-hydrogen) atoms. The molecule has 0 bridgehead atoms. The zero-order valence-corrected chi connectivity index (χ0v) is 8.67. The summed E-state index contributed by atoms with van der Waals surface area (Å²) in [5.41, 5.74) is 6.12. The first kappa shape index (κ1) is 10.3. The van der Waals surface area contributed by atoms with Gasteiger partial charge in [-0.15, -0.1) is 0 Å². The predicted molar refractivity (Wildman–Crippen MR) is 50.6 cm³/mol. The molecule has 1 heterocycles. The maximum absolute atomic E-state index is 10.7. The summed E-state index contributed by atoms with van der Waals surface area (Å²) in [5, 5.41) is 8.81. The van der Waals surface area contributed by atoms with E-state index in [0.29, 0.717) is 10.4 Å². The van der Waals surface area contributed by atoms with Gasteiger partial charge >= 0.3 is 5.97 Å². The molecule has 1 aromatic heterocycles. The lowest BCUT2D eigenvalue weighted by Gasteiger charge is -2.06. The first-order valence-electron chi connectivity index (χ1n) is 3.75. The van der Waals surface area contributed by atoms with E-state index in [1.165, 1.54) is 0 Å². The fraction of sp³-hybridized carbons (Fsp3) is 0.375. The highest BCUT2D eigenvalue weighted by atomic mass is 79.9. The minimum absolute atomic E-state index is 0.0378. The molecular weight excluding hydrogens is 238 g/mol. The van der Waals surface area contributed by atoms with Gasteiger partial charge < -0.3 is 15.3 Å². The normalized spacial score (nSPS) is 12.8. The first-order valence-corrected chi connectivity index (χ1v) is 4.54. The van der Waals surface area contributed by atoms with Gasteiger partial charge in [-0.1, -0.05) is 0 Å². The van der Waals surface area contributed by atoms with Gasteiger partial charge in [0.2, 0.25) is 0 Å². The number of furan rings is 1. The van der Waals surface area contributed by atoms with Crippen molar-refractivity contribution >= 4 is 21.9 Å². The van der Waals surface area contributed by atoms with Crippen molar-refractivity contribution in [2.24, 2.45) is 5.73 Å². The summed E-state index contributed by atoms with van der Waals surface area (Å²) in [6.07, 6.45) is 0. The van der Waals surface area contributed by atoms with E-state index in [0.717, 1.165) is 5.56 Å². The topological polar surface area (TPSA) is 76.5 Å². The molecule has 0 radical (unpaired) electrons. The molecule has 0 aromatic carbocycles. The second kappa shape index (κ2) is 3.93. The first-order chi connectivity index (χ1) is 6.06. The lowest BCUT2D eigenvalue weighted by atomic mass is 10.0. The van der Waals surface area contributed by atoms with Gasteiger partial charge in [0.25, 0.3) is 0 Å². The highest BCUT2D eigenvalue weighted by Crippen LogP contribution is 2.26. The van der Waals surface area contributed by atoms with E-state index in [-0.39, 0.29) is 6.54 Å². The molecule has 72 valence electrons. The monoisotopic (exact) mass is 247 g/mol. The van der Waals surface area contributed by atoms with Gasteiger partial charge in [-0.05, 0) is 34.5 Å². The highest BCUT2D eigenvalue weighted by Gasteiger charge is 2.23. The zero-order chi connectivity index (χ0) is 10.0. The van der Waals surface area contributed by atoms with Crippen LogP contribution in [0.5, 0.6) is 0 Å². The molecule has 0 aliphatic rings. The Balaban J connectivity index is 3.04. The van der Waals surface area contributed by atoms with E-state index in [1.54, 1.807) is 13.0 Å². The molecule has 0 aliphatic heterocycles. The molecule has 0 spiro atoms. The second-order valence-corrected chi connectivity index (χ2v) is 3.51. The van der Waals surface area contributed by atoms with Crippen LogP contribution in [-0.2, 0) is 4.79 Å². The number of hydrogen-bond donors (Lipinski definition) is 2. The van der Waals surface area contributed by atoms with Crippen molar-refractivity contribution in [2.75, 3.05) is 6.54 Å². The summed E-state index contributed by atoms with van der Waals surface area (Å²) in [4.78, 5) is 10.7. The third-order valence-electron chi connectivity index (χ3n) is 1.78. The van der Waals surface area contributed by atoms with Crippen molar-refractivity contribution in [3.05, 3.63) is 22.1 Å². The van der Waals surface area contributed by atoms with Crippen LogP contribution in [-0.4, -0.2) is 17.6 Å². The summed E-state index contributed by atoms with van der Waals surface area (Å²) >= 11 is 3.13. The fourth-order valence-electron chi connectivity index (χ4n) is 1.12. The van der Waals surface area contributed by atoms with Crippen LogP contribution in [0.25, 0.3) is 0 Å². The van der Waals surface area contributed by atoms with Crippen LogP contribution in [0.2, 0.25) is 0 Å². The number of rotatable bonds is 3. The summed E-state index contributed by atoms with van der Waals surface area (Å²) in [6, 6.07) is 1.72. The van der Waals surface area contributed by atoms with Crippen molar-refractivity contribution in [3.8, 4) is 0 Å². The van der Waals surface area contributed by atoms with Crippen molar-refractivity contribution < 1.29 is 14.3 Å². The van der Waals surface area contributed by atoms with Gasteiger partial charge in [-0.2, -0.15) is 0 Å². The van der Waals surface area contributed by atoms with Gasteiger partial charge in [0.05, 0.1) is 0 Å². The SMILES string of the molecule is Cc1cc(Br)oc1C(CN)C(=O)O. The highest BCUT2D eigenvalue weighted by molar-refractivity contribution is 9.10. The van der Waals surface area contributed by atoms with Crippen molar-refractivity contribution in [3.63, 3.8) is 0 Å². The largest absolute Gasteiger partial charge is 0.481 e. The Kier molecular flexibility index (Phi) is 3.11. The molecule has 1 unspecified atom stereocenters. The van der Waals surface area contributed by atoms with Gasteiger partial charge in [-0.25, -0.2) is 0 Å². The molecule has 0 saturated carbocycles. The lowest BCUT2D eigenvalue weighted by Crippen LogP contribution is -2.21. The Labute approximate surface area is 83.8 Å². The molecule has 1 atom stereocenters. The molecule has 1 aromatic rings. The predicted octanol–water partition coefficient (Wildman–Crippen LogP) is 1.48. The molecule has 4 nitrogen and oxygen atoms in total. The molecule has 0 saturated heterocycles. The molecule has 3 N–H and O–H groups in total. The number of hydrogen-bond acceptors (Lipinski definition) is 3. The van der Waals surface area contributed by atoms with Gasteiger partial charge in [0.1, 0.15) is 11.7 Å². The van der Waals surface area contributed by atoms with E-state index in [4.69, 9.17) is 15.3 Å². The molecule has 0 aliphatic carbocycles. The van der Waals surface area contributed by atoms with Gasteiger partial charge in [0, 0.05) is 6.54 Å². The number of carboxylic acids is 1. The average molecular weight is 248 g/mol. The summed E-state index contributed by atoms with van der Waals surface area (Å²) in [7, 11) is 0. The van der Waals surface area contributed by atoms with Crippen LogP contribution in [0.1, 0.15) is 17.2 Å². The number of carboxylic acid groups (broad SMARTS) is 1. The van der Waals surface area contributed by atoms with Gasteiger partial charge in [0.15, 0.2) is 4.67 Å². The Bertz CT molecular complexity index is 321. The number of aliphatic carboxylic acids is 1. The van der Waals surface area contributed by atoms with Crippen LogP contribution in [0.3, 0.4) is 0 Å². The number of aryl methyl sites for hydroxylation is 1. The van der Waals surface area contributed by atoms with Crippen LogP contribution in [0.15, 0.2) is 15.2 Å². The van der Waals surface area contributed by atoms with Crippen molar-refractivity contribution in [1.29, 1.82) is 0 Å². The minimum Gasteiger partial charge on any atom is -0.481 e.